The first-order valence-electron chi connectivity index (χ1n) is 8.92. The zero-order chi connectivity index (χ0) is 20.1. The van der Waals surface area contributed by atoms with E-state index in [0.717, 1.165) is 12.1 Å². The molecule has 28 heavy (non-hydrogen) atoms. The molecule has 0 fully saturated rings. The molecular formula is C19H21N3O4S2. The van der Waals surface area contributed by atoms with Gasteiger partial charge in [0, 0.05) is 11.7 Å². The lowest BCUT2D eigenvalue weighted by Gasteiger charge is -2.13. The quantitative estimate of drug-likeness (QED) is 0.417. The highest BCUT2D eigenvalue weighted by atomic mass is 32.2. The van der Waals surface area contributed by atoms with Crippen LogP contribution in [0.25, 0.3) is 5.69 Å². The number of para-hydroxylation sites is 1. The molecule has 1 aliphatic heterocycles. The Morgan fingerprint density at radius 2 is 2.11 bits per heavy atom. The first-order valence-corrected chi connectivity index (χ1v) is 10.8. The molecule has 0 aliphatic carbocycles. The second-order valence-electron chi connectivity index (χ2n) is 6.15. The molecule has 0 spiro atoms. The van der Waals surface area contributed by atoms with Crippen LogP contribution in [0.3, 0.4) is 0 Å². The van der Waals surface area contributed by atoms with Gasteiger partial charge in [-0.3, -0.25) is 19.0 Å². The molecule has 0 saturated heterocycles. The third-order valence-corrected chi connectivity index (χ3v) is 6.12. The zero-order valence-electron chi connectivity index (χ0n) is 15.6. The van der Waals surface area contributed by atoms with Crippen LogP contribution in [-0.2, 0) is 20.7 Å². The molecule has 1 unspecified atom stereocenters. The Morgan fingerprint density at radius 1 is 1.36 bits per heavy atom. The third-order valence-electron chi connectivity index (χ3n) is 3.96. The van der Waals surface area contributed by atoms with Crippen molar-refractivity contribution in [3.8, 4) is 5.69 Å². The summed E-state index contributed by atoms with van der Waals surface area (Å²) in [6, 6.07) is 9.26. The fourth-order valence-electron chi connectivity index (χ4n) is 2.77. The number of carbonyl (C=O) groups excluding carboxylic acids is 2. The highest BCUT2D eigenvalue weighted by molar-refractivity contribution is 8.00. The lowest BCUT2D eigenvalue weighted by Crippen LogP contribution is -2.32. The maximum absolute atomic E-state index is 13.1. The predicted molar refractivity (Wildman–Crippen MR) is 109 cm³/mol. The summed E-state index contributed by atoms with van der Waals surface area (Å²) >= 11 is 2.71. The van der Waals surface area contributed by atoms with Crippen molar-refractivity contribution in [3.63, 3.8) is 0 Å². The summed E-state index contributed by atoms with van der Waals surface area (Å²) in [7, 11) is 0. The topological polar surface area (TPSA) is 90.3 Å². The van der Waals surface area contributed by atoms with Crippen molar-refractivity contribution >= 4 is 35.4 Å². The van der Waals surface area contributed by atoms with Crippen molar-refractivity contribution in [2.24, 2.45) is 0 Å². The Labute approximate surface area is 171 Å². The van der Waals surface area contributed by atoms with Crippen molar-refractivity contribution in [3.05, 3.63) is 46.4 Å². The maximum atomic E-state index is 13.1. The van der Waals surface area contributed by atoms with Crippen LogP contribution in [0.1, 0.15) is 19.5 Å². The van der Waals surface area contributed by atoms with E-state index in [4.69, 9.17) is 4.74 Å². The van der Waals surface area contributed by atoms with Crippen LogP contribution in [-0.4, -0.2) is 45.6 Å². The lowest BCUT2D eigenvalue weighted by molar-refractivity contribution is -0.143. The number of fused-ring (bicyclic) bond motifs is 1. The highest BCUT2D eigenvalue weighted by Gasteiger charge is 2.27. The number of aromatic nitrogens is 2. The van der Waals surface area contributed by atoms with Crippen LogP contribution in [0, 0.1) is 0 Å². The molecule has 3 rings (SSSR count). The molecule has 1 amide bonds. The fraction of sp³-hybridized carbons (Fsp3) is 0.368. The monoisotopic (exact) mass is 419 g/mol. The zero-order valence-corrected chi connectivity index (χ0v) is 17.3. The number of thioether (sulfide) groups is 2. The van der Waals surface area contributed by atoms with E-state index in [-0.39, 0.29) is 30.4 Å². The number of benzene rings is 1. The molecule has 1 aliphatic rings. The maximum Gasteiger partial charge on any atom is 0.325 e. The fourth-order valence-corrected chi connectivity index (χ4v) is 4.72. The van der Waals surface area contributed by atoms with Gasteiger partial charge in [0.15, 0.2) is 5.16 Å². The minimum absolute atomic E-state index is 0.0418. The summed E-state index contributed by atoms with van der Waals surface area (Å²) in [5, 5.41) is 3.28. The smallest absolute Gasteiger partial charge is 0.325 e. The van der Waals surface area contributed by atoms with E-state index < -0.39 is 5.97 Å². The first kappa shape index (κ1) is 20.5. The summed E-state index contributed by atoms with van der Waals surface area (Å²) < 4.78 is 6.34. The van der Waals surface area contributed by atoms with Crippen LogP contribution in [0.15, 0.2) is 45.2 Å². The molecule has 2 heterocycles. The van der Waals surface area contributed by atoms with Gasteiger partial charge in [-0.2, -0.15) is 0 Å². The summed E-state index contributed by atoms with van der Waals surface area (Å²) in [4.78, 5) is 41.9. The second kappa shape index (κ2) is 9.29. The largest absolute Gasteiger partial charge is 0.465 e. The minimum atomic E-state index is -0.483. The van der Waals surface area contributed by atoms with Crippen molar-refractivity contribution in [2.45, 2.75) is 35.6 Å². The number of nitrogens with zero attached hydrogens (tertiary/aromatic N) is 2. The van der Waals surface area contributed by atoms with Crippen LogP contribution >= 0.6 is 23.5 Å². The Hall–Kier alpha value is -2.26. The second-order valence-corrected chi connectivity index (χ2v) is 8.54. The third kappa shape index (κ3) is 4.77. The number of hydrogen-bond donors (Lipinski definition) is 1. The highest BCUT2D eigenvalue weighted by Crippen LogP contribution is 2.34. The number of rotatable bonds is 7. The molecule has 2 aromatic rings. The van der Waals surface area contributed by atoms with Crippen molar-refractivity contribution < 1.29 is 14.3 Å². The van der Waals surface area contributed by atoms with Gasteiger partial charge in [-0.15, -0.1) is 11.8 Å². The predicted octanol–water partition coefficient (Wildman–Crippen LogP) is 2.04. The van der Waals surface area contributed by atoms with E-state index in [2.05, 4.69) is 17.2 Å². The van der Waals surface area contributed by atoms with E-state index in [0.29, 0.717) is 21.0 Å². The molecule has 1 aromatic heterocycles. The Bertz CT molecular complexity index is 931. The van der Waals surface area contributed by atoms with Crippen LogP contribution in [0.5, 0.6) is 0 Å². The number of amides is 1. The number of hydrogen-bond acceptors (Lipinski definition) is 7. The SMILES string of the molecule is CCOC(=O)CNC(=O)CSc1nc2c(c(=O)n1-c1ccccc1)SC(C)C2. The molecule has 1 N–H and O–H groups in total. The molecule has 148 valence electrons. The van der Waals surface area contributed by atoms with E-state index in [9.17, 15) is 14.4 Å². The van der Waals surface area contributed by atoms with Gasteiger partial charge in [-0.1, -0.05) is 36.9 Å². The van der Waals surface area contributed by atoms with E-state index >= 15 is 0 Å². The van der Waals surface area contributed by atoms with Crippen molar-refractivity contribution in [2.75, 3.05) is 18.9 Å². The van der Waals surface area contributed by atoms with Gasteiger partial charge in [0.25, 0.3) is 5.56 Å². The molecule has 9 heteroatoms. The van der Waals surface area contributed by atoms with Gasteiger partial charge in [-0.05, 0) is 19.1 Å². The van der Waals surface area contributed by atoms with Crippen LogP contribution in [0.2, 0.25) is 0 Å². The average molecular weight is 420 g/mol. The summed E-state index contributed by atoms with van der Waals surface area (Å²) in [5.74, 6) is -0.765. The molecule has 7 nitrogen and oxygen atoms in total. The minimum Gasteiger partial charge on any atom is -0.465 e. The molecule has 1 aromatic carbocycles. The van der Waals surface area contributed by atoms with Gasteiger partial charge in [0.2, 0.25) is 5.91 Å². The van der Waals surface area contributed by atoms with Gasteiger partial charge < -0.3 is 10.1 Å². The van der Waals surface area contributed by atoms with Gasteiger partial charge in [-0.25, -0.2) is 4.98 Å². The lowest BCUT2D eigenvalue weighted by atomic mass is 10.2. The van der Waals surface area contributed by atoms with Crippen LogP contribution < -0.4 is 10.9 Å². The molecule has 0 radical (unpaired) electrons. The average Bonchev–Trinajstić information content (AvgIpc) is 3.06. The van der Waals surface area contributed by atoms with Gasteiger partial charge in [0.05, 0.1) is 28.6 Å². The van der Waals surface area contributed by atoms with Crippen molar-refractivity contribution in [1.82, 2.24) is 14.9 Å². The molecule has 0 bridgehead atoms. The molecular weight excluding hydrogens is 398 g/mol. The number of ether oxygens (including phenoxy) is 1. The first-order chi connectivity index (χ1) is 13.5. The van der Waals surface area contributed by atoms with E-state index in [1.807, 2.05) is 30.3 Å². The normalized spacial score (nSPS) is 15.1. The van der Waals surface area contributed by atoms with Gasteiger partial charge in [0.1, 0.15) is 6.54 Å². The summed E-state index contributed by atoms with van der Waals surface area (Å²) in [5.41, 5.74) is 1.38. The molecule has 1 atom stereocenters. The standard InChI is InChI=1S/C19H21N3O4S2/c1-3-26-16(24)10-20-15(23)11-27-19-21-14-9-12(2)28-17(14)18(25)22(19)13-7-5-4-6-8-13/h4-8,12H,3,9-11H2,1-2H3,(H,20,23). The van der Waals surface area contributed by atoms with Gasteiger partial charge >= 0.3 is 5.97 Å². The van der Waals surface area contributed by atoms with Crippen LogP contribution in [0.4, 0.5) is 0 Å². The Kier molecular flexibility index (Phi) is 6.79. The van der Waals surface area contributed by atoms with Crippen molar-refractivity contribution in [1.29, 1.82) is 0 Å². The summed E-state index contributed by atoms with van der Waals surface area (Å²) in [6.07, 6.45) is 0.730. The Morgan fingerprint density at radius 3 is 2.82 bits per heavy atom. The number of nitrogens with one attached hydrogen (secondary N) is 1. The Balaban J connectivity index is 1.81. The van der Waals surface area contributed by atoms with E-state index in [1.54, 1.807) is 11.5 Å². The summed E-state index contributed by atoms with van der Waals surface area (Å²) in [6.45, 7) is 3.86. The number of carbonyl (C=O) groups is 2. The number of esters is 1. The van der Waals surface area contributed by atoms with E-state index in [1.165, 1.54) is 23.5 Å². The molecule has 0 saturated carbocycles.